The van der Waals surface area contributed by atoms with Gasteiger partial charge in [-0.05, 0) is 25.0 Å². The van der Waals surface area contributed by atoms with Crippen LogP contribution in [0.25, 0.3) is 0 Å². The Morgan fingerprint density at radius 2 is 1.90 bits per heavy atom. The van der Waals surface area contributed by atoms with Gasteiger partial charge < -0.3 is 5.32 Å². The Morgan fingerprint density at radius 1 is 1.19 bits per heavy atom. The molecule has 0 aliphatic heterocycles. The Bertz CT molecular complexity index is 701. The highest BCUT2D eigenvalue weighted by Gasteiger charge is 2.16. The quantitative estimate of drug-likeness (QED) is 0.844. The van der Waals surface area contributed by atoms with E-state index in [-0.39, 0.29) is 4.90 Å². The SMILES string of the molecule is CCCNc1ncc(S(=O)(=O)Nc2ccncc2C)cn1. The van der Waals surface area contributed by atoms with E-state index >= 15 is 0 Å². The average molecular weight is 307 g/mol. The summed E-state index contributed by atoms with van der Waals surface area (Å²) in [6.07, 6.45) is 6.62. The molecule has 0 spiro atoms. The molecule has 0 bridgehead atoms. The summed E-state index contributed by atoms with van der Waals surface area (Å²) in [5, 5.41) is 2.99. The minimum absolute atomic E-state index is 0.0146. The lowest BCUT2D eigenvalue weighted by Gasteiger charge is -2.10. The number of sulfonamides is 1. The number of hydrogen-bond acceptors (Lipinski definition) is 6. The molecule has 21 heavy (non-hydrogen) atoms. The van der Waals surface area contributed by atoms with Crippen LogP contribution in [-0.2, 0) is 10.0 Å². The number of pyridine rings is 1. The first-order valence-corrected chi connectivity index (χ1v) is 8.00. The van der Waals surface area contributed by atoms with Crippen LogP contribution in [-0.4, -0.2) is 29.9 Å². The number of hydrogen-bond donors (Lipinski definition) is 2. The topological polar surface area (TPSA) is 96.9 Å². The zero-order valence-corrected chi connectivity index (χ0v) is 12.7. The standard InChI is InChI=1S/C13H17N5O2S/c1-3-5-15-13-16-8-11(9-17-13)21(19,20)18-12-4-6-14-7-10(12)2/h4,6-9H,3,5H2,1-2H3,(H,14,18)(H,15,16,17). The predicted octanol–water partition coefficient (Wildman–Crippen LogP) is 1.80. The second-order valence-corrected chi connectivity index (χ2v) is 6.15. The Hall–Kier alpha value is -2.22. The highest BCUT2D eigenvalue weighted by Crippen LogP contribution is 2.17. The van der Waals surface area contributed by atoms with E-state index in [9.17, 15) is 8.42 Å². The molecule has 7 nitrogen and oxygen atoms in total. The third-order valence-corrected chi connectivity index (χ3v) is 4.06. The van der Waals surface area contributed by atoms with Crippen molar-refractivity contribution in [1.82, 2.24) is 15.0 Å². The monoisotopic (exact) mass is 307 g/mol. The first-order valence-electron chi connectivity index (χ1n) is 6.52. The van der Waals surface area contributed by atoms with Crippen molar-refractivity contribution in [3.8, 4) is 0 Å². The molecule has 0 aliphatic rings. The van der Waals surface area contributed by atoms with E-state index in [1.807, 2.05) is 6.92 Å². The van der Waals surface area contributed by atoms with E-state index < -0.39 is 10.0 Å². The minimum Gasteiger partial charge on any atom is -0.354 e. The molecule has 2 N–H and O–H groups in total. The molecule has 2 aromatic rings. The lowest BCUT2D eigenvalue weighted by Crippen LogP contribution is -2.15. The zero-order chi connectivity index (χ0) is 15.3. The Morgan fingerprint density at radius 3 is 2.52 bits per heavy atom. The molecule has 0 radical (unpaired) electrons. The number of aryl methyl sites for hydroxylation is 1. The fourth-order valence-corrected chi connectivity index (χ4v) is 2.59. The van der Waals surface area contributed by atoms with Gasteiger partial charge in [-0.3, -0.25) is 9.71 Å². The number of anilines is 2. The Labute approximate surface area is 123 Å². The molecule has 0 aromatic carbocycles. The van der Waals surface area contributed by atoms with Crippen LogP contribution in [0, 0.1) is 6.92 Å². The summed E-state index contributed by atoms with van der Waals surface area (Å²) >= 11 is 0. The van der Waals surface area contributed by atoms with Gasteiger partial charge >= 0.3 is 0 Å². The van der Waals surface area contributed by atoms with Gasteiger partial charge in [0.25, 0.3) is 10.0 Å². The average Bonchev–Trinajstić information content (AvgIpc) is 2.48. The molecule has 0 unspecified atom stereocenters. The molecular weight excluding hydrogens is 290 g/mol. The second kappa shape index (κ2) is 6.49. The highest BCUT2D eigenvalue weighted by molar-refractivity contribution is 7.92. The van der Waals surface area contributed by atoms with Gasteiger partial charge in [0, 0.05) is 18.9 Å². The van der Waals surface area contributed by atoms with Crippen molar-refractivity contribution in [2.24, 2.45) is 0 Å². The van der Waals surface area contributed by atoms with Crippen molar-refractivity contribution in [2.45, 2.75) is 25.2 Å². The molecular formula is C13H17N5O2S. The predicted molar refractivity (Wildman–Crippen MR) is 80.6 cm³/mol. The third-order valence-electron chi connectivity index (χ3n) is 2.74. The summed E-state index contributed by atoms with van der Waals surface area (Å²) < 4.78 is 27.0. The molecule has 112 valence electrons. The highest BCUT2D eigenvalue weighted by atomic mass is 32.2. The summed E-state index contributed by atoms with van der Waals surface area (Å²) in [6, 6.07) is 1.60. The van der Waals surface area contributed by atoms with Gasteiger partial charge in [0.2, 0.25) is 5.95 Å². The summed E-state index contributed by atoms with van der Waals surface area (Å²) in [6.45, 7) is 4.53. The largest absolute Gasteiger partial charge is 0.354 e. The van der Waals surface area contributed by atoms with E-state index in [2.05, 4.69) is 25.0 Å². The zero-order valence-electron chi connectivity index (χ0n) is 11.9. The second-order valence-electron chi connectivity index (χ2n) is 4.47. The van der Waals surface area contributed by atoms with E-state index in [0.717, 1.165) is 18.5 Å². The van der Waals surface area contributed by atoms with Crippen LogP contribution in [0.1, 0.15) is 18.9 Å². The minimum atomic E-state index is -3.70. The van der Waals surface area contributed by atoms with Crippen molar-refractivity contribution in [3.05, 3.63) is 36.4 Å². The van der Waals surface area contributed by atoms with E-state index in [1.165, 1.54) is 18.6 Å². The number of nitrogens with one attached hydrogen (secondary N) is 2. The normalized spacial score (nSPS) is 11.1. The van der Waals surface area contributed by atoms with Crippen LogP contribution >= 0.6 is 0 Å². The first-order chi connectivity index (χ1) is 10.0. The van der Waals surface area contributed by atoms with Crippen LogP contribution in [0.2, 0.25) is 0 Å². The fraction of sp³-hybridized carbons (Fsp3) is 0.308. The Balaban J connectivity index is 2.18. The van der Waals surface area contributed by atoms with Gasteiger partial charge in [0.15, 0.2) is 0 Å². The smallest absolute Gasteiger partial charge is 0.264 e. The number of aromatic nitrogens is 3. The first kappa shape index (κ1) is 15.2. The van der Waals surface area contributed by atoms with Gasteiger partial charge in [-0.15, -0.1) is 0 Å². The maximum atomic E-state index is 12.2. The molecule has 0 aliphatic carbocycles. The van der Waals surface area contributed by atoms with Crippen LogP contribution < -0.4 is 10.0 Å². The van der Waals surface area contributed by atoms with Gasteiger partial charge in [0.05, 0.1) is 18.1 Å². The Kier molecular flexibility index (Phi) is 4.69. The van der Waals surface area contributed by atoms with Crippen molar-refractivity contribution >= 4 is 21.7 Å². The van der Waals surface area contributed by atoms with Crippen molar-refractivity contribution in [1.29, 1.82) is 0 Å². The molecule has 2 aromatic heterocycles. The lowest BCUT2D eigenvalue weighted by atomic mass is 10.3. The maximum Gasteiger partial charge on any atom is 0.264 e. The molecule has 0 atom stereocenters. The van der Waals surface area contributed by atoms with Crippen LogP contribution in [0.3, 0.4) is 0 Å². The van der Waals surface area contributed by atoms with Gasteiger partial charge in [-0.1, -0.05) is 6.92 Å². The van der Waals surface area contributed by atoms with Gasteiger partial charge in [-0.2, -0.15) is 0 Å². The van der Waals surface area contributed by atoms with E-state index in [4.69, 9.17) is 0 Å². The van der Waals surface area contributed by atoms with Crippen molar-refractivity contribution < 1.29 is 8.42 Å². The summed E-state index contributed by atoms with van der Waals surface area (Å²) in [4.78, 5) is 11.9. The summed E-state index contributed by atoms with van der Waals surface area (Å²) in [5.74, 6) is 0.413. The van der Waals surface area contributed by atoms with Crippen molar-refractivity contribution in [2.75, 3.05) is 16.6 Å². The third kappa shape index (κ3) is 3.88. The number of nitrogens with zero attached hydrogens (tertiary/aromatic N) is 3. The fourth-order valence-electron chi connectivity index (χ4n) is 1.57. The van der Waals surface area contributed by atoms with E-state index in [1.54, 1.807) is 19.2 Å². The lowest BCUT2D eigenvalue weighted by molar-refractivity contribution is 0.600. The van der Waals surface area contributed by atoms with Gasteiger partial charge in [0.1, 0.15) is 4.90 Å². The summed E-state index contributed by atoms with van der Waals surface area (Å²) in [5.41, 5.74) is 1.22. The molecule has 8 heteroatoms. The van der Waals surface area contributed by atoms with E-state index in [0.29, 0.717) is 11.6 Å². The maximum absolute atomic E-state index is 12.2. The molecule has 0 saturated carbocycles. The van der Waals surface area contributed by atoms with Gasteiger partial charge in [-0.25, -0.2) is 18.4 Å². The van der Waals surface area contributed by atoms with Crippen LogP contribution in [0.4, 0.5) is 11.6 Å². The molecule has 0 fully saturated rings. The summed E-state index contributed by atoms with van der Waals surface area (Å²) in [7, 11) is -3.70. The molecule has 2 heterocycles. The van der Waals surface area contributed by atoms with Crippen LogP contribution in [0.5, 0.6) is 0 Å². The van der Waals surface area contributed by atoms with Crippen molar-refractivity contribution in [3.63, 3.8) is 0 Å². The van der Waals surface area contributed by atoms with Crippen LogP contribution in [0.15, 0.2) is 35.7 Å². The molecule has 2 rings (SSSR count). The molecule has 0 saturated heterocycles. The number of rotatable bonds is 6. The molecule has 0 amide bonds.